The lowest BCUT2D eigenvalue weighted by Gasteiger charge is -2.26. The monoisotopic (exact) mass is 567 g/mol. The van der Waals surface area contributed by atoms with Crippen molar-refractivity contribution < 1.29 is 9.53 Å². The molecule has 5 rings (SSSR count). The maximum Gasteiger partial charge on any atom is 0.335 e. The first-order chi connectivity index (χ1) is 20.2. The molecule has 0 spiro atoms. The number of carbonyl (C=O) groups is 1. The van der Waals surface area contributed by atoms with Crippen LogP contribution < -0.4 is 26.0 Å². The zero-order valence-electron chi connectivity index (χ0n) is 24.1. The van der Waals surface area contributed by atoms with Crippen LogP contribution in [0.2, 0.25) is 0 Å². The van der Waals surface area contributed by atoms with Crippen molar-refractivity contribution in [3.8, 4) is 17.6 Å². The number of nitrogens with one attached hydrogen (secondary N) is 2. The Hall–Kier alpha value is -5.15. The molecule has 1 aliphatic carbocycles. The van der Waals surface area contributed by atoms with Gasteiger partial charge in [0.2, 0.25) is 11.9 Å². The van der Waals surface area contributed by atoms with Gasteiger partial charge in [-0.2, -0.15) is 10.2 Å². The van der Waals surface area contributed by atoms with Gasteiger partial charge in [-0.1, -0.05) is 6.58 Å². The summed E-state index contributed by atoms with van der Waals surface area (Å²) in [7, 11) is 7.50. The Bertz CT molecular complexity index is 1760. The molecule has 2 N–H and O–H groups in total. The molecular formula is C30H33N9O3. The predicted octanol–water partition coefficient (Wildman–Crippen LogP) is 3.66. The molecule has 0 atom stereocenters. The zero-order chi connectivity index (χ0) is 30.0. The molecule has 12 nitrogen and oxygen atoms in total. The van der Waals surface area contributed by atoms with Crippen molar-refractivity contribution in [3.05, 3.63) is 71.3 Å². The minimum atomic E-state index is -0.349. The number of imidazole rings is 1. The van der Waals surface area contributed by atoms with Gasteiger partial charge in [0, 0.05) is 44.5 Å². The van der Waals surface area contributed by atoms with Gasteiger partial charge >= 0.3 is 5.69 Å². The van der Waals surface area contributed by atoms with Gasteiger partial charge in [-0.3, -0.25) is 9.36 Å². The lowest BCUT2D eigenvalue weighted by Crippen LogP contribution is -2.29. The number of carbonyl (C=O) groups excluding carboxylic acids is 1. The highest BCUT2D eigenvalue weighted by Gasteiger charge is 2.29. The summed E-state index contributed by atoms with van der Waals surface area (Å²) in [5.41, 5.74) is 3.47. The molecular weight excluding hydrogens is 534 g/mol. The van der Waals surface area contributed by atoms with E-state index in [0.717, 1.165) is 25.1 Å². The van der Waals surface area contributed by atoms with E-state index in [1.165, 1.54) is 10.6 Å². The fourth-order valence-electron chi connectivity index (χ4n) is 4.76. The Morgan fingerprint density at radius 3 is 2.62 bits per heavy atom. The molecule has 2 aromatic carbocycles. The van der Waals surface area contributed by atoms with E-state index >= 15 is 0 Å². The maximum absolute atomic E-state index is 13.6. The molecule has 42 heavy (non-hydrogen) atoms. The van der Waals surface area contributed by atoms with E-state index in [1.54, 1.807) is 48.2 Å². The number of aromatic nitrogens is 4. The highest BCUT2D eigenvalue weighted by molar-refractivity contribution is 6.02. The quantitative estimate of drug-likeness (QED) is 0.261. The molecule has 1 saturated carbocycles. The van der Waals surface area contributed by atoms with Gasteiger partial charge in [0.1, 0.15) is 11.6 Å². The van der Waals surface area contributed by atoms with Crippen LogP contribution >= 0.6 is 0 Å². The van der Waals surface area contributed by atoms with E-state index in [2.05, 4.69) is 38.1 Å². The molecule has 4 aromatic rings. The Balaban J connectivity index is 1.54. The minimum Gasteiger partial charge on any atom is -0.494 e. The van der Waals surface area contributed by atoms with Crippen LogP contribution in [0.1, 0.15) is 24.4 Å². The summed E-state index contributed by atoms with van der Waals surface area (Å²) in [4.78, 5) is 39.0. The summed E-state index contributed by atoms with van der Waals surface area (Å²) >= 11 is 0. The van der Waals surface area contributed by atoms with Crippen LogP contribution in [-0.4, -0.2) is 71.3 Å². The number of hydrogen-bond acceptors (Lipinski definition) is 9. The average Bonchev–Trinajstić information content (AvgIpc) is 3.77. The number of anilines is 4. The zero-order valence-corrected chi connectivity index (χ0v) is 24.1. The molecule has 1 amide bonds. The van der Waals surface area contributed by atoms with Gasteiger partial charge in [-0.25, -0.2) is 14.3 Å². The molecule has 0 bridgehead atoms. The number of nitrogens with zero attached hydrogens (tertiary/aromatic N) is 7. The standard InChI is InChI=1S/C30H33N9O3/c1-6-28(40)33-21-16-22(26(42-5)17-24(21)37(4)14-13-36(2)3)34-29-32-12-11-27(35-29)39-23-10-7-19(18-31)15-25(23)38(30(39)41)20-8-9-20/h6-7,10-12,15-17,20H,1,8-9,13-14H2,2-5H3,(H,33,40)(H,32,34,35). The number of hydrogen-bond donors (Lipinski definition) is 2. The second kappa shape index (κ2) is 11.8. The number of likely N-dealkylation sites (N-methyl/N-ethyl adjacent to an activating group) is 2. The van der Waals surface area contributed by atoms with Gasteiger partial charge in [0.25, 0.3) is 0 Å². The second-order valence-corrected chi connectivity index (χ2v) is 10.4. The van der Waals surface area contributed by atoms with E-state index in [1.807, 2.05) is 32.1 Å². The van der Waals surface area contributed by atoms with Crippen LogP contribution in [0.5, 0.6) is 5.75 Å². The fourth-order valence-corrected chi connectivity index (χ4v) is 4.76. The number of amides is 1. The first kappa shape index (κ1) is 28.4. The highest BCUT2D eigenvalue weighted by atomic mass is 16.5. The number of methoxy groups -OCH3 is 1. The van der Waals surface area contributed by atoms with Crippen LogP contribution in [0, 0.1) is 11.3 Å². The van der Waals surface area contributed by atoms with Crippen LogP contribution in [0.15, 0.2) is 60.0 Å². The number of fused-ring (bicyclic) bond motifs is 1. The first-order valence-electron chi connectivity index (χ1n) is 13.5. The van der Waals surface area contributed by atoms with E-state index in [0.29, 0.717) is 46.1 Å². The van der Waals surface area contributed by atoms with Crippen molar-refractivity contribution in [2.75, 3.05) is 56.9 Å². The average molecular weight is 568 g/mol. The van der Waals surface area contributed by atoms with Crippen molar-refractivity contribution in [1.82, 2.24) is 24.0 Å². The maximum atomic E-state index is 13.6. The lowest BCUT2D eigenvalue weighted by molar-refractivity contribution is -0.111. The summed E-state index contributed by atoms with van der Waals surface area (Å²) in [6.07, 6.45) is 4.61. The molecule has 2 heterocycles. The summed E-state index contributed by atoms with van der Waals surface area (Å²) in [6.45, 7) is 5.09. The topological polar surface area (TPSA) is 133 Å². The molecule has 0 aliphatic heterocycles. The largest absolute Gasteiger partial charge is 0.494 e. The second-order valence-electron chi connectivity index (χ2n) is 10.4. The Morgan fingerprint density at radius 2 is 1.95 bits per heavy atom. The number of rotatable bonds is 11. The van der Waals surface area contributed by atoms with Gasteiger partial charge in [0.05, 0.1) is 46.8 Å². The third-order valence-corrected chi connectivity index (χ3v) is 7.09. The van der Waals surface area contributed by atoms with Crippen LogP contribution in [0.3, 0.4) is 0 Å². The van der Waals surface area contributed by atoms with E-state index in [9.17, 15) is 14.9 Å². The smallest absolute Gasteiger partial charge is 0.335 e. The molecule has 1 fully saturated rings. The molecule has 0 radical (unpaired) electrons. The van der Waals surface area contributed by atoms with E-state index in [-0.39, 0.29) is 23.6 Å². The highest BCUT2D eigenvalue weighted by Crippen LogP contribution is 2.39. The molecule has 12 heteroatoms. The molecule has 2 aromatic heterocycles. The van der Waals surface area contributed by atoms with Gasteiger partial charge in [-0.05, 0) is 57.3 Å². The lowest BCUT2D eigenvalue weighted by atomic mass is 10.2. The Labute approximate surface area is 243 Å². The van der Waals surface area contributed by atoms with Crippen LogP contribution in [0.25, 0.3) is 16.9 Å². The minimum absolute atomic E-state index is 0.109. The normalized spacial score (nSPS) is 12.7. The number of nitriles is 1. The SMILES string of the molecule is C=CC(=O)Nc1cc(Nc2nccc(-n3c(=O)n(C4CC4)c4cc(C#N)ccc43)n2)c(OC)cc1N(C)CCN(C)C. The van der Waals surface area contributed by atoms with Crippen LogP contribution in [0.4, 0.5) is 23.0 Å². The van der Waals surface area contributed by atoms with Crippen molar-refractivity contribution >= 4 is 40.0 Å². The van der Waals surface area contributed by atoms with Crippen molar-refractivity contribution in [1.29, 1.82) is 5.26 Å². The summed E-state index contributed by atoms with van der Waals surface area (Å²) in [5, 5.41) is 15.5. The third kappa shape index (κ3) is 5.68. The van der Waals surface area contributed by atoms with Crippen molar-refractivity contribution in [2.45, 2.75) is 18.9 Å². The number of benzene rings is 2. The van der Waals surface area contributed by atoms with Gasteiger partial charge in [0.15, 0.2) is 0 Å². The fraction of sp³-hybridized carbons (Fsp3) is 0.300. The molecule has 0 unspecified atom stereocenters. The Morgan fingerprint density at radius 1 is 1.17 bits per heavy atom. The first-order valence-corrected chi connectivity index (χ1v) is 13.5. The molecule has 216 valence electrons. The van der Waals surface area contributed by atoms with Crippen molar-refractivity contribution in [3.63, 3.8) is 0 Å². The summed E-state index contributed by atoms with van der Waals surface area (Å²) < 4.78 is 8.98. The van der Waals surface area contributed by atoms with E-state index in [4.69, 9.17) is 4.74 Å². The predicted molar refractivity (Wildman–Crippen MR) is 163 cm³/mol. The summed E-state index contributed by atoms with van der Waals surface area (Å²) in [5.74, 6) is 0.774. The Kier molecular flexibility index (Phi) is 7.95. The third-order valence-electron chi connectivity index (χ3n) is 7.09. The van der Waals surface area contributed by atoms with Crippen LogP contribution in [-0.2, 0) is 4.79 Å². The van der Waals surface area contributed by atoms with Gasteiger partial charge < -0.3 is 25.2 Å². The van der Waals surface area contributed by atoms with Gasteiger partial charge in [-0.15, -0.1) is 0 Å². The van der Waals surface area contributed by atoms with Crippen molar-refractivity contribution in [2.24, 2.45) is 0 Å². The number of ether oxygens (including phenoxy) is 1. The van der Waals surface area contributed by atoms with E-state index < -0.39 is 0 Å². The summed E-state index contributed by atoms with van der Waals surface area (Å²) in [6, 6.07) is 12.7. The molecule has 1 aliphatic rings. The molecule has 0 saturated heterocycles.